The van der Waals surface area contributed by atoms with Crippen LogP contribution in [0.25, 0.3) is 0 Å². The summed E-state index contributed by atoms with van der Waals surface area (Å²) in [6.07, 6.45) is -3.96. The summed E-state index contributed by atoms with van der Waals surface area (Å²) in [7, 11) is -4.18. The van der Waals surface area contributed by atoms with E-state index in [9.17, 15) is 26.4 Å². The Morgan fingerprint density at radius 1 is 1.17 bits per heavy atom. The van der Waals surface area contributed by atoms with E-state index in [1.165, 1.54) is 12.1 Å². The molecule has 1 fully saturated rings. The lowest BCUT2D eigenvalue weighted by Crippen LogP contribution is -2.45. The highest BCUT2D eigenvalue weighted by Gasteiger charge is 2.36. The zero-order chi connectivity index (χ0) is 22.0. The van der Waals surface area contributed by atoms with Crippen molar-refractivity contribution in [3.8, 4) is 0 Å². The molecule has 3 atom stereocenters. The van der Waals surface area contributed by atoms with Crippen LogP contribution in [0.5, 0.6) is 0 Å². The summed E-state index contributed by atoms with van der Waals surface area (Å²) in [6.45, 7) is 5.13. The Kier molecular flexibility index (Phi) is 6.89. The molecule has 0 heterocycles. The number of alkyl halides is 3. The SMILES string of the molecule is CC(C)(C)OC(=O)N[C@@H]1CC[C@H](CS(=O)(=O)O)C[C@H]1c1ccc(C(F)(F)F)cc1. The molecule has 0 aliphatic heterocycles. The summed E-state index contributed by atoms with van der Waals surface area (Å²) in [6, 6.07) is 4.18. The van der Waals surface area contributed by atoms with Gasteiger partial charge in [0.25, 0.3) is 10.1 Å². The second kappa shape index (κ2) is 8.51. The molecule has 1 aliphatic rings. The molecule has 0 spiro atoms. The Bertz CT molecular complexity index is 816. The number of ether oxygens (including phenoxy) is 1. The van der Waals surface area contributed by atoms with Gasteiger partial charge in [-0.2, -0.15) is 21.6 Å². The zero-order valence-electron chi connectivity index (χ0n) is 16.5. The predicted octanol–water partition coefficient (Wildman–Crippen LogP) is 4.37. The number of alkyl carbamates (subject to hydrolysis) is 1. The molecule has 0 unspecified atom stereocenters. The minimum atomic E-state index is -4.47. The van der Waals surface area contributed by atoms with Gasteiger partial charge in [0.15, 0.2) is 0 Å². The first-order chi connectivity index (χ1) is 13.1. The molecule has 29 heavy (non-hydrogen) atoms. The van der Waals surface area contributed by atoms with Crippen LogP contribution in [-0.4, -0.2) is 36.5 Å². The third-order valence-corrected chi connectivity index (χ3v) is 5.67. The lowest BCUT2D eigenvalue weighted by atomic mass is 9.75. The van der Waals surface area contributed by atoms with Crippen LogP contribution in [0.1, 0.15) is 57.1 Å². The van der Waals surface area contributed by atoms with Crippen molar-refractivity contribution < 1.29 is 35.7 Å². The highest BCUT2D eigenvalue weighted by atomic mass is 32.2. The Morgan fingerprint density at radius 2 is 1.76 bits per heavy atom. The van der Waals surface area contributed by atoms with Gasteiger partial charge in [-0.15, -0.1) is 0 Å². The van der Waals surface area contributed by atoms with Crippen molar-refractivity contribution in [2.24, 2.45) is 5.92 Å². The first-order valence-electron chi connectivity index (χ1n) is 9.26. The molecule has 1 amide bonds. The monoisotopic (exact) mass is 437 g/mol. The van der Waals surface area contributed by atoms with E-state index in [0.29, 0.717) is 24.8 Å². The van der Waals surface area contributed by atoms with Crippen LogP contribution in [0.2, 0.25) is 0 Å². The van der Waals surface area contributed by atoms with Crippen molar-refractivity contribution in [2.75, 3.05) is 5.75 Å². The smallest absolute Gasteiger partial charge is 0.416 e. The minimum absolute atomic E-state index is 0.297. The van der Waals surface area contributed by atoms with Crippen molar-refractivity contribution in [3.05, 3.63) is 35.4 Å². The van der Waals surface area contributed by atoms with E-state index in [0.717, 1.165) is 12.1 Å². The van der Waals surface area contributed by atoms with Crippen molar-refractivity contribution >= 4 is 16.2 Å². The molecule has 1 aromatic rings. The largest absolute Gasteiger partial charge is 0.444 e. The van der Waals surface area contributed by atoms with Gasteiger partial charge in [-0.25, -0.2) is 4.79 Å². The van der Waals surface area contributed by atoms with Crippen LogP contribution in [0, 0.1) is 5.92 Å². The Morgan fingerprint density at radius 3 is 2.24 bits per heavy atom. The van der Waals surface area contributed by atoms with Gasteiger partial charge in [-0.3, -0.25) is 4.55 Å². The highest BCUT2D eigenvalue weighted by molar-refractivity contribution is 7.85. The van der Waals surface area contributed by atoms with E-state index in [2.05, 4.69) is 5.32 Å². The van der Waals surface area contributed by atoms with E-state index in [4.69, 9.17) is 9.29 Å². The number of benzene rings is 1. The molecule has 0 bridgehead atoms. The quantitative estimate of drug-likeness (QED) is 0.683. The second-order valence-electron chi connectivity index (χ2n) is 8.41. The van der Waals surface area contributed by atoms with Gasteiger partial charge in [-0.1, -0.05) is 12.1 Å². The molecule has 1 aromatic carbocycles. The van der Waals surface area contributed by atoms with Crippen molar-refractivity contribution in [2.45, 2.75) is 63.8 Å². The first-order valence-corrected chi connectivity index (χ1v) is 10.9. The average Bonchev–Trinajstić information content (AvgIpc) is 2.52. The van der Waals surface area contributed by atoms with Crippen LogP contribution in [0.4, 0.5) is 18.0 Å². The third-order valence-electron chi connectivity index (χ3n) is 4.77. The molecule has 6 nitrogen and oxygen atoms in total. The molecule has 0 radical (unpaired) electrons. The van der Waals surface area contributed by atoms with E-state index in [1.54, 1.807) is 20.8 Å². The van der Waals surface area contributed by atoms with Gasteiger partial charge in [-0.05, 0) is 63.6 Å². The Labute approximate surface area is 168 Å². The molecule has 0 saturated heterocycles. The van der Waals surface area contributed by atoms with Crippen molar-refractivity contribution in [1.29, 1.82) is 0 Å². The average molecular weight is 437 g/mol. The normalized spacial score (nSPS) is 23.5. The summed E-state index contributed by atoms with van der Waals surface area (Å²) >= 11 is 0. The van der Waals surface area contributed by atoms with Crippen LogP contribution in [-0.2, 0) is 21.0 Å². The maximum absolute atomic E-state index is 12.8. The molecule has 1 saturated carbocycles. The van der Waals surface area contributed by atoms with Crippen molar-refractivity contribution in [1.82, 2.24) is 5.32 Å². The summed E-state index contributed by atoms with van der Waals surface area (Å²) in [5.74, 6) is -1.21. The van der Waals surface area contributed by atoms with Gasteiger partial charge >= 0.3 is 12.3 Å². The minimum Gasteiger partial charge on any atom is -0.444 e. The fourth-order valence-corrected chi connectivity index (χ4v) is 4.52. The van der Waals surface area contributed by atoms with Crippen LogP contribution < -0.4 is 5.32 Å². The zero-order valence-corrected chi connectivity index (χ0v) is 17.3. The summed E-state index contributed by atoms with van der Waals surface area (Å²) in [5, 5.41) is 2.76. The number of halogens is 3. The number of carbonyl (C=O) groups excluding carboxylic acids is 1. The molecule has 0 aromatic heterocycles. The van der Waals surface area contributed by atoms with Crippen molar-refractivity contribution in [3.63, 3.8) is 0 Å². The van der Waals surface area contributed by atoms with Crippen LogP contribution in [0.15, 0.2) is 24.3 Å². The van der Waals surface area contributed by atoms with Gasteiger partial charge in [0.05, 0.1) is 11.3 Å². The topological polar surface area (TPSA) is 92.7 Å². The van der Waals surface area contributed by atoms with Gasteiger partial charge < -0.3 is 10.1 Å². The standard InChI is InChI=1S/C19H26F3NO5S/c1-18(2,3)28-17(24)23-16-9-4-12(11-29(25,26)27)10-15(16)13-5-7-14(8-6-13)19(20,21)22/h5-8,12,15-16H,4,9-11H2,1-3H3,(H,23,24)(H,25,26,27)/t12-,15-,16+/m0/s1. The van der Waals surface area contributed by atoms with Crippen LogP contribution in [0.3, 0.4) is 0 Å². The lowest BCUT2D eigenvalue weighted by molar-refractivity contribution is -0.137. The highest BCUT2D eigenvalue weighted by Crippen LogP contribution is 2.38. The molecule has 10 heteroatoms. The number of rotatable bonds is 4. The number of hydrogen-bond acceptors (Lipinski definition) is 4. The first kappa shape index (κ1) is 23.5. The molecule has 2 rings (SSSR count). The fourth-order valence-electron chi connectivity index (χ4n) is 3.63. The number of amides is 1. The van der Waals surface area contributed by atoms with Gasteiger partial charge in [0.1, 0.15) is 5.60 Å². The van der Waals surface area contributed by atoms with Gasteiger partial charge in [0, 0.05) is 12.0 Å². The fraction of sp³-hybridized carbons (Fsp3) is 0.632. The predicted molar refractivity (Wildman–Crippen MR) is 101 cm³/mol. The number of nitrogens with one attached hydrogen (secondary N) is 1. The van der Waals surface area contributed by atoms with E-state index in [-0.39, 0.29) is 5.92 Å². The molecule has 1 aliphatic carbocycles. The molecule has 164 valence electrons. The molecule has 2 N–H and O–H groups in total. The maximum atomic E-state index is 12.8. The summed E-state index contributed by atoms with van der Waals surface area (Å²) in [5.41, 5.74) is -0.946. The number of hydrogen-bond donors (Lipinski definition) is 2. The third kappa shape index (κ3) is 7.50. The maximum Gasteiger partial charge on any atom is 0.416 e. The van der Waals surface area contributed by atoms with E-state index >= 15 is 0 Å². The lowest BCUT2D eigenvalue weighted by Gasteiger charge is -2.37. The number of carbonyl (C=O) groups is 1. The summed E-state index contributed by atoms with van der Waals surface area (Å²) < 4.78 is 75.5. The summed E-state index contributed by atoms with van der Waals surface area (Å²) in [4.78, 5) is 12.2. The Balaban J connectivity index is 2.24. The Hall–Kier alpha value is -1.81. The van der Waals surface area contributed by atoms with Crippen LogP contribution >= 0.6 is 0 Å². The van der Waals surface area contributed by atoms with E-state index < -0.39 is 51.3 Å². The molecular formula is C19H26F3NO5S. The van der Waals surface area contributed by atoms with Gasteiger partial charge in [0.2, 0.25) is 0 Å². The molecular weight excluding hydrogens is 411 g/mol. The van der Waals surface area contributed by atoms with E-state index in [1.807, 2.05) is 0 Å². The second-order valence-corrected chi connectivity index (χ2v) is 9.90.